The minimum Gasteiger partial charge on any atom is -0.481 e. The predicted octanol–water partition coefficient (Wildman–Crippen LogP) is 3.95. The summed E-state index contributed by atoms with van der Waals surface area (Å²) in [6.45, 7) is 1.67. The van der Waals surface area contributed by atoms with E-state index in [0.29, 0.717) is 25.2 Å². The third-order valence-electron chi connectivity index (χ3n) is 3.82. The third-order valence-corrected chi connectivity index (χ3v) is 4.94. The molecule has 0 unspecified atom stereocenters. The molecule has 3 rings (SSSR count). The summed E-state index contributed by atoms with van der Waals surface area (Å²) in [6.07, 6.45) is -4.35. The molecular formula is C16H14F3NO2S. The maximum Gasteiger partial charge on any atom is 0.416 e. The second kappa shape index (κ2) is 5.98. The van der Waals surface area contributed by atoms with Crippen molar-refractivity contribution in [1.29, 1.82) is 0 Å². The van der Waals surface area contributed by atoms with Gasteiger partial charge in [-0.15, -0.1) is 11.3 Å². The number of benzene rings is 1. The second-order valence-corrected chi connectivity index (χ2v) is 6.74. The molecule has 1 aromatic heterocycles. The van der Waals surface area contributed by atoms with Gasteiger partial charge in [-0.05, 0) is 29.8 Å². The van der Waals surface area contributed by atoms with Crippen LogP contribution in [0.5, 0.6) is 0 Å². The molecule has 0 spiro atoms. The molecule has 122 valence electrons. The van der Waals surface area contributed by atoms with Gasteiger partial charge in [0, 0.05) is 29.4 Å². The van der Waals surface area contributed by atoms with E-state index in [0.717, 1.165) is 21.9 Å². The lowest BCUT2D eigenvalue weighted by Crippen LogP contribution is -2.49. The molecule has 2 heterocycles. The fourth-order valence-electron chi connectivity index (χ4n) is 2.54. The Morgan fingerprint density at radius 2 is 2.00 bits per heavy atom. The summed E-state index contributed by atoms with van der Waals surface area (Å²) in [6, 6.07) is 8.97. The molecule has 3 nitrogen and oxygen atoms in total. The monoisotopic (exact) mass is 341 g/mol. The first-order chi connectivity index (χ1) is 10.8. The Bertz CT molecular complexity index is 720. The zero-order chi connectivity index (χ0) is 16.6. The molecule has 0 aliphatic carbocycles. The predicted molar refractivity (Wildman–Crippen MR) is 81.2 cm³/mol. The van der Waals surface area contributed by atoms with E-state index in [-0.39, 0.29) is 5.92 Å². The molecule has 0 bridgehead atoms. The largest absolute Gasteiger partial charge is 0.481 e. The fraction of sp³-hybridized carbons (Fsp3) is 0.312. The lowest BCUT2D eigenvalue weighted by atomic mass is 10.0. The maximum absolute atomic E-state index is 12.8. The molecule has 2 aromatic rings. The quantitative estimate of drug-likeness (QED) is 0.915. The molecule has 0 radical (unpaired) electrons. The van der Waals surface area contributed by atoms with E-state index in [4.69, 9.17) is 5.11 Å². The number of carboxylic acid groups (broad SMARTS) is 1. The van der Waals surface area contributed by atoms with Crippen molar-refractivity contribution in [2.24, 2.45) is 5.92 Å². The van der Waals surface area contributed by atoms with E-state index in [1.165, 1.54) is 17.4 Å². The summed E-state index contributed by atoms with van der Waals surface area (Å²) in [4.78, 5) is 14.6. The summed E-state index contributed by atoms with van der Waals surface area (Å²) in [5.41, 5.74) is -0.111. The van der Waals surface area contributed by atoms with Crippen molar-refractivity contribution in [3.8, 4) is 10.4 Å². The molecular weight excluding hydrogens is 327 g/mol. The standard InChI is InChI=1S/C16H14F3NO2S/c17-16(18,19)12-3-1-2-10(6-12)14-5-4-13(23-14)9-20-7-11(8-20)15(21)22/h1-6,11H,7-9H2,(H,21,22). The van der Waals surface area contributed by atoms with Crippen molar-refractivity contribution in [3.63, 3.8) is 0 Å². The molecule has 1 fully saturated rings. The Kier molecular flexibility index (Phi) is 4.16. The average Bonchev–Trinajstić information content (AvgIpc) is 2.90. The highest BCUT2D eigenvalue weighted by molar-refractivity contribution is 7.15. The summed E-state index contributed by atoms with van der Waals surface area (Å²) in [5.74, 6) is -1.09. The smallest absolute Gasteiger partial charge is 0.416 e. The van der Waals surface area contributed by atoms with Crippen molar-refractivity contribution in [3.05, 3.63) is 46.8 Å². The van der Waals surface area contributed by atoms with Gasteiger partial charge in [-0.1, -0.05) is 12.1 Å². The van der Waals surface area contributed by atoms with Crippen molar-refractivity contribution in [1.82, 2.24) is 4.90 Å². The lowest BCUT2D eigenvalue weighted by molar-refractivity contribution is -0.147. The number of nitrogens with zero attached hydrogens (tertiary/aromatic N) is 1. The Morgan fingerprint density at radius 1 is 1.26 bits per heavy atom. The van der Waals surface area contributed by atoms with Gasteiger partial charge in [-0.2, -0.15) is 13.2 Å². The van der Waals surface area contributed by atoms with Crippen LogP contribution in [-0.4, -0.2) is 29.1 Å². The summed E-state index contributed by atoms with van der Waals surface area (Å²) >= 11 is 1.44. The van der Waals surface area contributed by atoms with E-state index in [2.05, 4.69) is 0 Å². The van der Waals surface area contributed by atoms with Crippen LogP contribution in [0.1, 0.15) is 10.4 Å². The van der Waals surface area contributed by atoms with Gasteiger partial charge in [-0.3, -0.25) is 9.69 Å². The molecule has 1 aliphatic rings. The normalized spacial score (nSPS) is 16.3. The molecule has 23 heavy (non-hydrogen) atoms. The number of hydrogen-bond acceptors (Lipinski definition) is 3. The van der Waals surface area contributed by atoms with E-state index < -0.39 is 17.7 Å². The Hall–Kier alpha value is -1.86. The van der Waals surface area contributed by atoms with Gasteiger partial charge in [0.05, 0.1) is 11.5 Å². The van der Waals surface area contributed by atoms with Crippen molar-refractivity contribution in [2.45, 2.75) is 12.7 Å². The average molecular weight is 341 g/mol. The van der Waals surface area contributed by atoms with Crippen LogP contribution in [0.3, 0.4) is 0 Å². The van der Waals surface area contributed by atoms with Crippen LogP contribution >= 0.6 is 11.3 Å². The van der Waals surface area contributed by atoms with Crippen molar-refractivity contribution < 1.29 is 23.1 Å². The van der Waals surface area contributed by atoms with E-state index in [1.54, 1.807) is 6.07 Å². The summed E-state index contributed by atoms with van der Waals surface area (Å²) in [7, 11) is 0. The highest BCUT2D eigenvalue weighted by Gasteiger charge is 2.32. The van der Waals surface area contributed by atoms with Crippen molar-refractivity contribution in [2.75, 3.05) is 13.1 Å². The number of likely N-dealkylation sites (tertiary alicyclic amines) is 1. The van der Waals surface area contributed by atoms with Crippen LogP contribution in [-0.2, 0) is 17.5 Å². The third kappa shape index (κ3) is 3.56. The minimum absolute atomic E-state index is 0.308. The van der Waals surface area contributed by atoms with Gasteiger partial charge < -0.3 is 5.11 Å². The number of carbonyl (C=O) groups is 1. The number of thiophene rings is 1. The number of hydrogen-bond donors (Lipinski definition) is 1. The molecule has 7 heteroatoms. The number of halogens is 3. The Labute approximate surface area is 135 Å². The van der Waals surface area contributed by atoms with Gasteiger partial charge >= 0.3 is 12.1 Å². The lowest BCUT2D eigenvalue weighted by Gasteiger charge is -2.36. The molecule has 0 atom stereocenters. The van der Waals surface area contributed by atoms with Gasteiger partial charge in [0.2, 0.25) is 0 Å². The second-order valence-electron chi connectivity index (χ2n) is 5.57. The molecule has 1 saturated heterocycles. The van der Waals surface area contributed by atoms with Crippen LogP contribution < -0.4 is 0 Å². The first-order valence-corrected chi connectivity index (χ1v) is 7.86. The van der Waals surface area contributed by atoms with Crippen LogP contribution in [0.4, 0.5) is 13.2 Å². The maximum atomic E-state index is 12.8. The Balaban J connectivity index is 1.69. The van der Waals surface area contributed by atoms with Gasteiger partial charge in [0.15, 0.2) is 0 Å². The first kappa shape index (κ1) is 16.0. The number of aliphatic carboxylic acids is 1. The van der Waals surface area contributed by atoms with Crippen LogP contribution in [0, 0.1) is 5.92 Å². The fourth-order valence-corrected chi connectivity index (χ4v) is 3.59. The summed E-state index contributed by atoms with van der Waals surface area (Å²) in [5, 5.41) is 8.85. The Morgan fingerprint density at radius 3 is 2.65 bits per heavy atom. The highest BCUT2D eigenvalue weighted by atomic mass is 32.1. The number of rotatable bonds is 4. The molecule has 1 aliphatic heterocycles. The topological polar surface area (TPSA) is 40.5 Å². The SMILES string of the molecule is O=C(O)C1CN(Cc2ccc(-c3cccc(C(F)(F)F)c3)s2)C1. The van der Waals surface area contributed by atoms with E-state index in [9.17, 15) is 18.0 Å². The molecule has 1 N–H and O–H groups in total. The van der Waals surface area contributed by atoms with E-state index in [1.807, 2.05) is 17.0 Å². The van der Waals surface area contributed by atoms with Gasteiger partial charge in [0.1, 0.15) is 0 Å². The highest BCUT2D eigenvalue weighted by Crippen LogP contribution is 2.35. The molecule has 1 aromatic carbocycles. The van der Waals surface area contributed by atoms with Gasteiger partial charge in [0.25, 0.3) is 0 Å². The minimum atomic E-state index is -4.35. The van der Waals surface area contributed by atoms with Crippen LogP contribution in [0.25, 0.3) is 10.4 Å². The van der Waals surface area contributed by atoms with Crippen molar-refractivity contribution >= 4 is 17.3 Å². The van der Waals surface area contributed by atoms with Gasteiger partial charge in [-0.25, -0.2) is 0 Å². The first-order valence-electron chi connectivity index (χ1n) is 7.04. The van der Waals surface area contributed by atoms with E-state index >= 15 is 0 Å². The number of alkyl halides is 3. The number of carboxylic acids is 1. The van der Waals surface area contributed by atoms with Crippen LogP contribution in [0.15, 0.2) is 36.4 Å². The molecule has 0 saturated carbocycles. The van der Waals surface area contributed by atoms with Crippen LogP contribution in [0.2, 0.25) is 0 Å². The summed E-state index contributed by atoms with van der Waals surface area (Å²) < 4.78 is 38.3. The molecule has 0 amide bonds. The zero-order valence-corrected chi connectivity index (χ0v) is 12.8. The zero-order valence-electron chi connectivity index (χ0n) is 12.0.